The highest BCUT2D eigenvalue weighted by molar-refractivity contribution is 5.34. The van der Waals surface area contributed by atoms with Gasteiger partial charge in [-0.2, -0.15) is 0 Å². The van der Waals surface area contributed by atoms with Crippen molar-refractivity contribution in [1.82, 2.24) is 9.97 Å². The summed E-state index contributed by atoms with van der Waals surface area (Å²) in [5.41, 5.74) is 2.23. The second kappa shape index (κ2) is 6.18. The van der Waals surface area contributed by atoms with Crippen molar-refractivity contribution in [2.24, 2.45) is 0 Å². The van der Waals surface area contributed by atoms with E-state index < -0.39 is 0 Å². The summed E-state index contributed by atoms with van der Waals surface area (Å²) in [6, 6.07) is 10.0. The summed E-state index contributed by atoms with van der Waals surface area (Å²) in [7, 11) is 1.84. The summed E-state index contributed by atoms with van der Waals surface area (Å²) in [5, 5.41) is 3.01. The maximum Gasteiger partial charge on any atom is 0.168 e. The zero-order valence-corrected chi connectivity index (χ0v) is 11.6. The largest absolute Gasteiger partial charge is 0.486 e. The molecule has 0 bridgehead atoms. The zero-order chi connectivity index (χ0) is 13.7. The van der Waals surface area contributed by atoms with Crippen LogP contribution in [0.3, 0.4) is 0 Å². The number of hydrogen-bond acceptors (Lipinski definition) is 4. The van der Waals surface area contributed by atoms with Crippen LogP contribution in [0.25, 0.3) is 0 Å². The Balaban J connectivity index is 2.03. The standard InChI is InChI=1S/C15H19N3O/c1-4-12-5-7-13(8-6-12)19-10-15-17-11(2)9-14(16-3)18-15/h5-9H,4,10H2,1-3H3,(H,16,17,18). The third kappa shape index (κ3) is 3.68. The summed E-state index contributed by atoms with van der Waals surface area (Å²) < 4.78 is 5.69. The molecular weight excluding hydrogens is 238 g/mol. The molecule has 19 heavy (non-hydrogen) atoms. The number of nitrogens with one attached hydrogen (secondary N) is 1. The van der Waals surface area contributed by atoms with Crippen LogP contribution < -0.4 is 10.1 Å². The molecule has 2 rings (SSSR count). The van der Waals surface area contributed by atoms with Gasteiger partial charge < -0.3 is 10.1 Å². The van der Waals surface area contributed by atoms with Crippen LogP contribution in [0.2, 0.25) is 0 Å². The van der Waals surface area contributed by atoms with Gasteiger partial charge in [0.25, 0.3) is 0 Å². The Labute approximate surface area is 113 Å². The van der Waals surface area contributed by atoms with Crippen molar-refractivity contribution in [3.63, 3.8) is 0 Å². The van der Waals surface area contributed by atoms with E-state index in [2.05, 4.69) is 34.3 Å². The maximum atomic E-state index is 5.69. The Kier molecular flexibility index (Phi) is 4.34. The number of rotatable bonds is 5. The molecule has 0 radical (unpaired) electrons. The first-order chi connectivity index (χ1) is 9.21. The molecule has 1 aromatic heterocycles. The van der Waals surface area contributed by atoms with Crippen LogP contribution in [-0.2, 0) is 13.0 Å². The number of ether oxygens (including phenoxy) is 1. The molecule has 0 spiro atoms. The summed E-state index contributed by atoms with van der Waals surface area (Å²) in [6.45, 7) is 4.46. The van der Waals surface area contributed by atoms with E-state index in [1.807, 2.05) is 32.2 Å². The summed E-state index contributed by atoms with van der Waals surface area (Å²) in [5.74, 6) is 2.34. The summed E-state index contributed by atoms with van der Waals surface area (Å²) in [4.78, 5) is 8.71. The predicted molar refractivity (Wildman–Crippen MR) is 76.5 cm³/mol. The average molecular weight is 257 g/mol. The van der Waals surface area contributed by atoms with Crippen molar-refractivity contribution in [3.8, 4) is 5.75 Å². The molecule has 0 atom stereocenters. The molecule has 0 saturated carbocycles. The van der Waals surface area contributed by atoms with Crippen LogP contribution in [0.4, 0.5) is 5.82 Å². The fourth-order valence-electron chi connectivity index (χ4n) is 1.79. The lowest BCUT2D eigenvalue weighted by atomic mass is 10.2. The van der Waals surface area contributed by atoms with Gasteiger partial charge in [0.2, 0.25) is 0 Å². The van der Waals surface area contributed by atoms with Crippen molar-refractivity contribution < 1.29 is 4.74 Å². The van der Waals surface area contributed by atoms with E-state index in [0.717, 1.165) is 23.7 Å². The second-order valence-electron chi connectivity index (χ2n) is 4.35. The number of hydrogen-bond donors (Lipinski definition) is 1. The number of aryl methyl sites for hydroxylation is 2. The lowest BCUT2D eigenvalue weighted by molar-refractivity contribution is 0.295. The monoisotopic (exact) mass is 257 g/mol. The Morgan fingerprint density at radius 1 is 1.16 bits per heavy atom. The van der Waals surface area contributed by atoms with E-state index in [1.165, 1.54) is 5.56 Å². The summed E-state index contributed by atoms with van der Waals surface area (Å²) in [6.07, 6.45) is 1.03. The van der Waals surface area contributed by atoms with Gasteiger partial charge in [0.15, 0.2) is 5.82 Å². The van der Waals surface area contributed by atoms with Gasteiger partial charge in [-0.1, -0.05) is 19.1 Å². The Bertz CT molecular complexity index is 538. The van der Waals surface area contributed by atoms with Gasteiger partial charge >= 0.3 is 0 Å². The van der Waals surface area contributed by atoms with Crippen LogP contribution in [0, 0.1) is 6.92 Å². The molecule has 0 aliphatic heterocycles. The molecule has 2 aromatic rings. The van der Waals surface area contributed by atoms with Crippen LogP contribution in [0.5, 0.6) is 5.75 Å². The zero-order valence-electron chi connectivity index (χ0n) is 11.6. The maximum absolute atomic E-state index is 5.69. The average Bonchev–Trinajstić information content (AvgIpc) is 2.45. The van der Waals surface area contributed by atoms with Gasteiger partial charge in [-0.05, 0) is 31.0 Å². The minimum absolute atomic E-state index is 0.377. The van der Waals surface area contributed by atoms with Crippen molar-refractivity contribution in [1.29, 1.82) is 0 Å². The minimum Gasteiger partial charge on any atom is -0.486 e. The van der Waals surface area contributed by atoms with Crippen molar-refractivity contribution in [2.45, 2.75) is 26.9 Å². The molecule has 1 aromatic carbocycles. The SMILES string of the molecule is CCc1ccc(OCc2nc(C)cc(NC)n2)cc1. The van der Waals surface area contributed by atoms with Crippen molar-refractivity contribution >= 4 is 5.82 Å². The topological polar surface area (TPSA) is 47.0 Å². The van der Waals surface area contributed by atoms with E-state index in [9.17, 15) is 0 Å². The Morgan fingerprint density at radius 2 is 1.89 bits per heavy atom. The molecule has 100 valence electrons. The molecule has 0 fully saturated rings. The van der Waals surface area contributed by atoms with Crippen molar-refractivity contribution in [2.75, 3.05) is 12.4 Å². The number of anilines is 1. The van der Waals surface area contributed by atoms with Gasteiger partial charge in [0.1, 0.15) is 18.2 Å². The van der Waals surface area contributed by atoms with Crippen LogP contribution in [-0.4, -0.2) is 17.0 Å². The highest BCUT2D eigenvalue weighted by Gasteiger charge is 2.02. The lowest BCUT2D eigenvalue weighted by Gasteiger charge is -2.08. The molecule has 0 aliphatic carbocycles. The van der Waals surface area contributed by atoms with Crippen LogP contribution in [0.1, 0.15) is 24.0 Å². The predicted octanol–water partition coefficient (Wildman–Crippen LogP) is 2.97. The van der Waals surface area contributed by atoms with Crippen LogP contribution >= 0.6 is 0 Å². The number of aromatic nitrogens is 2. The third-order valence-corrected chi connectivity index (χ3v) is 2.86. The first kappa shape index (κ1) is 13.3. The molecular formula is C15H19N3O. The van der Waals surface area contributed by atoms with E-state index in [0.29, 0.717) is 12.4 Å². The number of nitrogens with zero attached hydrogens (tertiary/aromatic N) is 2. The van der Waals surface area contributed by atoms with Gasteiger partial charge in [0.05, 0.1) is 0 Å². The fraction of sp³-hybridized carbons (Fsp3) is 0.333. The fourth-order valence-corrected chi connectivity index (χ4v) is 1.79. The van der Waals surface area contributed by atoms with Gasteiger partial charge in [-0.3, -0.25) is 0 Å². The lowest BCUT2D eigenvalue weighted by Crippen LogP contribution is -2.05. The minimum atomic E-state index is 0.377. The first-order valence-electron chi connectivity index (χ1n) is 6.45. The second-order valence-corrected chi connectivity index (χ2v) is 4.35. The smallest absolute Gasteiger partial charge is 0.168 e. The van der Waals surface area contributed by atoms with E-state index in [-0.39, 0.29) is 0 Å². The van der Waals surface area contributed by atoms with E-state index in [4.69, 9.17) is 4.74 Å². The van der Waals surface area contributed by atoms with Crippen LogP contribution in [0.15, 0.2) is 30.3 Å². The van der Waals surface area contributed by atoms with Gasteiger partial charge in [-0.15, -0.1) is 0 Å². The summed E-state index contributed by atoms with van der Waals surface area (Å²) >= 11 is 0. The first-order valence-corrected chi connectivity index (χ1v) is 6.45. The van der Waals surface area contributed by atoms with Crippen molar-refractivity contribution in [3.05, 3.63) is 47.4 Å². The molecule has 0 amide bonds. The highest BCUT2D eigenvalue weighted by Crippen LogP contribution is 2.14. The molecule has 0 unspecified atom stereocenters. The van der Waals surface area contributed by atoms with Gasteiger partial charge in [0, 0.05) is 18.8 Å². The highest BCUT2D eigenvalue weighted by atomic mass is 16.5. The molecule has 4 nitrogen and oxygen atoms in total. The molecule has 1 heterocycles. The Morgan fingerprint density at radius 3 is 2.53 bits per heavy atom. The van der Waals surface area contributed by atoms with E-state index in [1.54, 1.807) is 0 Å². The van der Waals surface area contributed by atoms with Gasteiger partial charge in [-0.25, -0.2) is 9.97 Å². The molecule has 1 N–H and O–H groups in total. The number of benzene rings is 1. The molecule has 4 heteroatoms. The normalized spacial score (nSPS) is 10.3. The Hall–Kier alpha value is -2.10. The third-order valence-electron chi connectivity index (χ3n) is 2.86. The quantitative estimate of drug-likeness (QED) is 0.894. The molecule has 0 aliphatic rings. The molecule has 0 saturated heterocycles. The van der Waals surface area contributed by atoms with E-state index >= 15 is 0 Å².